The zero-order chi connectivity index (χ0) is 16.1. The lowest BCUT2D eigenvalue weighted by molar-refractivity contribution is -0.384. The van der Waals surface area contributed by atoms with Gasteiger partial charge in [0.15, 0.2) is 0 Å². The van der Waals surface area contributed by atoms with E-state index >= 15 is 0 Å². The standard InChI is InChI=1S/C15H17N3O4/c16-15(20)12-4-2-8-17(10-12)14(19)7-6-11-3-1-5-13(9-11)18(21)22/h1,3,5-7,9,12H,2,4,8,10H2,(H2,16,20)/b7-6+. The molecule has 2 amide bonds. The largest absolute Gasteiger partial charge is 0.369 e. The van der Waals surface area contributed by atoms with E-state index in [0.717, 1.165) is 6.42 Å². The number of non-ortho nitro benzene ring substituents is 1. The summed E-state index contributed by atoms with van der Waals surface area (Å²) in [6, 6.07) is 6.03. The van der Waals surface area contributed by atoms with E-state index in [2.05, 4.69) is 0 Å². The average molecular weight is 303 g/mol. The average Bonchev–Trinajstić information content (AvgIpc) is 2.53. The van der Waals surface area contributed by atoms with Gasteiger partial charge in [-0.1, -0.05) is 12.1 Å². The Morgan fingerprint density at radius 3 is 2.86 bits per heavy atom. The first-order valence-electron chi connectivity index (χ1n) is 6.98. The van der Waals surface area contributed by atoms with E-state index in [1.165, 1.54) is 24.3 Å². The van der Waals surface area contributed by atoms with Gasteiger partial charge >= 0.3 is 0 Å². The highest BCUT2D eigenvalue weighted by Gasteiger charge is 2.25. The van der Waals surface area contributed by atoms with Crippen LogP contribution >= 0.6 is 0 Å². The van der Waals surface area contributed by atoms with E-state index in [0.29, 0.717) is 25.1 Å². The number of rotatable bonds is 4. The van der Waals surface area contributed by atoms with Crippen molar-refractivity contribution in [1.29, 1.82) is 0 Å². The number of hydrogen-bond acceptors (Lipinski definition) is 4. The number of nitrogens with two attached hydrogens (primary N) is 1. The summed E-state index contributed by atoms with van der Waals surface area (Å²) in [5.74, 6) is -0.915. The highest BCUT2D eigenvalue weighted by atomic mass is 16.6. The second kappa shape index (κ2) is 6.84. The molecule has 2 rings (SSSR count). The first-order chi connectivity index (χ1) is 10.5. The first kappa shape index (κ1) is 15.7. The maximum Gasteiger partial charge on any atom is 0.270 e. The Kier molecular flexibility index (Phi) is 4.88. The van der Waals surface area contributed by atoms with Gasteiger partial charge in [0, 0.05) is 31.3 Å². The second-order valence-electron chi connectivity index (χ2n) is 5.21. The van der Waals surface area contributed by atoms with Crippen LogP contribution in [0.3, 0.4) is 0 Å². The number of primary amides is 1. The van der Waals surface area contributed by atoms with Crippen molar-refractivity contribution < 1.29 is 14.5 Å². The van der Waals surface area contributed by atoms with Gasteiger partial charge < -0.3 is 10.6 Å². The van der Waals surface area contributed by atoms with Crippen LogP contribution in [0.5, 0.6) is 0 Å². The number of nitro groups is 1. The Bertz CT molecular complexity index is 627. The zero-order valence-electron chi connectivity index (χ0n) is 12.0. The SMILES string of the molecule is NC(=O)C1CCCN(C(=O)/C=C/c2cccc([N+](=O)[O-])c2)C1. The van der Waals surface area contributed by atoms with Crippen molar-refractivity contribution in [3.8, 4) is 0 Å². The summed E-state index contributed by atoms with van der Waals surface area (Å²) in [6.45, 7) is 0.912. The number of piperidine rings is 1. The molecule has 1 aromatic rings. The van der Waals surface area contributed by atoms with E-state index in [-0.39, 0.29) is 23.4 Å². The molecule has 1 unspecified atom stereocenters. The highest BCUT2D eigenvalue weighted by molar-refractivity contribution is 5.92. The number of carbonyl (C=O) groups excluding carboxylic acids is 2. The van der Waals surface area contributed by atoms with Crippen molar-refractivity contribution in [2.45, 2.75) is 12.8 Å². The molecule has 1 aliphatic rings. The van der Waals surface area contributed by atoms with Gasteiger partial charge in [0.1, 0.15) is 0 Å². The molecule has 0 bridgehead atoms. The zero-order valence-corrected chi connectivity index (χ0v) is 12.0. The molecule has 116 valence electrons. The van der Waals surface area contributed by atoms with Crippen LogP contribution in [0.25, 0.3) is 6.08 Å². The number of nitrogens with zero attached hydrogens (tertiary/aromatic N) is 2. The van der Waals surface area contributed by atoms with Crippen LogP contribution in [0.15, 0.2) is 30.3 Å². The summed E-state index contributed by atoms with van der Waals surface area (Å²) in [4.78, 5) is 35.1. The summed E-state index contributed by atoms with van der Waals surface area (Å²) < 4.78 is 0. The fraction of sp³-hybridized carbons (Fsp3) is 0.333. The summed E-state index contributed by atoms with van der Waals surface area (Å²) in [5.41, 5.74) is 5.83. The minimum absolute atomic E-state index is 0.0265. The third-order valence-electron chi connectivity index (χ3n) is 3.63. The van der Waals surface area contributed by atoms with Gasteiger partial charge in [-0.15, -0.1) is 0 Å². The number of carbonyl (C=O) groups is 2. The molecule has 1 atom stereocenters. The molecule has 1 fully saturated rings. The summed E-state index contributed by atoms with van der Waals surface area (Å²) in [6.07, 6.45) is 4.34. The topological polar surface area (TPSA) is 107 Å². The molecule has 7 nitrogen and oxygen atoms in total. The predicted molar refractivity (Wildman–Crippen MR) is 80.6 cm³/mol. The Balaban J connectivity index is 2.03. The molecule has 0 radical (unpaired) electrons. The number of nitro benzene ring substituents is 1. The van der Waals surface area contributed by atoms with Gasteiger partial charge in [-0.25, -0.2) is 0 Å². The fourth-order valence-electron chi connectivity index (χ4n) is 2.42. The third kappa shape index (κ3) is 3.91. The van der Waals surface area contributed by atoms with Crippen LogP contribution < -0.4 is 5.73 Å². The quantitative estimate of drug-likeness (QED) is 0.514. The number of hydrogen-bond donors (Lipinski definition) is 1. The molecule has 0 spiro atoms. The lowest BCUT2D eigenvalue weighted by atomic mass is 9.97. The minimum Gasteiger partial charge on any atom is -0.369 e. The molecule has 0 aromatic heterocycles. The van der Waals surface area contributed by atoms with Crippen LogP contribution in [-0.4, -0.2) is 34.7 Å². The van der Waals surface area contributed by atoms with Crippen molar-refractivity contribution in [2.75, 3.05) is 13.1 Å². The van der Waals surface area contributed by atoms with Crippen LogP contribution in [-0.2, 0) is 9.59 Å². The monoisotopic (exact) mass is 303 g/mol. The van der Waals surface area contributed by atoms with E-state index in [1.807, 2.05) is 0 Å². The van der Waals surface area contributed by atoms with Crippen LogP contribution in [0.2, 0.25) is 0 Å². The smallest absolute Gasteiger partial charge is 0.270 e. The lowest BCUT2D eigenvalue weighted by Crippen LogP contribution is -2.43. The maximum absolute atomic E-state index is 12.1. The maximum atomic E-state index is 12.1. The van der Waals surface area contributed by atoms with Crippen molar-refractivity contribution in [3.05, 3.63) is 46.0 Å². The van der Waals surface area contributed by atoms with Crippen molar-refractivity contribution in [3.63, 3.8) is 0 Å². The normalized spacial score (nSPS) is 18.4. The van der Waals surface area contributed by atoms with Gasteiger partial charge in [0.2, 0.25) is 11.8 Å². The van der Waals surface area contributed by atoms with E-state index < -0.39 is 4.92 Å². The molecule has 1 aromatic carbocycles. The van der Waals surface area contributed by atoms with Gasteiger partial charge in [0.05, 0.1) is 10.8 Å². The van der Waals surface area contributed by atoms with Crippen LogP contribution in [0, 0.1) is 16.0 Å². The van der Waals surface area contributed by atoms with Crippen LogP contribution in [0.4, 0.5) is 5.69 Å². The summed E-state index contributed by atoms with van der Waals surface area (Å²) >= 11 is 0. The molecule has 1 heterocycles. The van der Waals surface area contributed by atoms with Crippen molar-refractivity contribution >= 4 is 23.6 Å². The molecule has 2 N–H and O–H groups in total. The molecule has 22 heavy (non-hydrogen) atoms. The molecule has 1 saturated heterocycles. The Hall–Kier alpha value is -2.70. The summed E-state index contributed by atoms with van der Waals surface area (Å²) in [7, 11) is 0. The molecule has 0 saturated carbocycles. The Morgan fingerprint density at radius 1 is 1.41 bits per heavy atom. The highest BCUT2D eigenvalue weighted by Crippen LogP contribution is 2.17. The Morgan fingerprint density at radius 2 is 2.18 bits per heavy atom. The molecular weight excluding hydrogens is 286 g/mol. The first-order valence-corrected chi connectivity index (χ1v) is 6.98. The molecule has 7 heteroatoms. The molecule has 0 aliphatic carbocycles. The van der Waals surface area contributed by atoms with E-state index in [4.69, 9.17) is 5.73 Å². The van der Waals surface area contributed by atoms with Crippen molar-refractivity contribution in [1.82, 2.24) is 4.90 Å². The van der Waals surface area contributed by atoms with Gasteiger partial charge in [-0.05, 0) is 24.5 Å². The summed E-state index contributed by atoms with van der Waals surface area (Å²) in [5, 5.41) is 10.7. The number of benzene rings is 1. The fourth-order valence-corrected chi connectivity index (χ4v) is 2.42. The van der Waals surface area contributed by atoms with Gasteiger partial charge in [0.25, 0.3) is 5.69 Å². The molecular formula is C15H17N3O4. The Labute approximate surface area is 127 Å². The van der Waals surface area contributed by atoms with E-state index in [1.54, 1.807) is 17.0 Å². The van der Waals surface area contributed by atoms with Crippen LogP contribution in [0.1, 0.15) is 18.4 Å². The number of likely N-dealkylation sites (tertiary alicyclic amines) is 1. The lowest BCUT2D eigenvalue weighted by Gasteiger charge is -2.30. The van der Waals surface area contributed by atoms with Gasteiger partial charge in [-0.2, -0.15) is 0 Å². The second-order valence-corrected chi connectivity index (χ2v) is 5.21. The van der Waals surface area contributed by atoms with Gasteiger partial charge in [-0.3, -0.25) is 19.7 Å². The van der Waals surface area contributed by atoms with Crippen molar-refractivity contribution in [2.24, 2.45) is 11.7 Å². The molecule has 1 aliphatic heterocycles. The third-order valence-corrected chi connectivity index (χ3v) is 3.63. The number of amides is 2. The minimum atomic E-state index is -0.485. The van der Waals surface area contributed by atoms with E-state index in [9.17, 15) is 19.7 Å². The predicted octanol–water partition coefficient (Wildman–Crippen LogP) is 1.33.